The van der Waals surface area contributed by atoms with Crippen molar-refractivity contribution < 1.29 is 14.3 Å². The van der Waals surface area contributed by atoms with E-state index in [1.54, 1.807) is 6.92 Å². The van der Waals surface area contributed by atoms with Crippen molar-refractivity contribution in [2.75, 3.05) is 19.7 Å². The van der Waals surface area contributed by atoms with E-state index in [1.807, 2.05) is 11.8 Å². The van der Waals surface area contributed by atoms with Gasteiger partial charge in [-0.05, 0) is 33.1 Å². The summed E-state index contributed by atoms with van der Waals surface area (Å²) in [7, 11) is 0. The molecule has 1 rings (SSSR count). The second-order valence-corrected chi connectivity index (χ2v) is 5.20. The first-order valence-electron chi connectivity index (χ1n) is 7.25. The summed E-state index contributed by atoms with van der Waals surface area (Å²) < 4.78 is 4.94. The molecule has 1 atom stereocenters. The molecule has 0 aromatic carbocycles. The van der Waals surface area contributed by atoms with Crippen molar-refractivity contribution in [3.8, 4) is 0 Å². The lowest BCUT2D eigenvalue weighted by Gasteiger charge is -2.21. The van der Waals surface area contributed by atoms with Crippen LogP contribution < -0.4 is 5.32 Å². The van der Waals surface area contributed by atoms with Gasteiger partial charge in [0.05, 0.1) is 19.7 Å². The fraction of sp³-hybridized carbons (Fsp3) is 0.857. The molecule has 0 saturated heterocycles. The average molecular weight is 270 g/mol. The fourth-order valence-electron chi connectivity index (χ4n) is 2.14. The summed E-state index contributed by atoms with van der Waals surface area (Å²) in [5.74, 6) is -0.249. The minimum absolute atomic E-state index is 0.00264. The Hall–Kier alpha value is -1.10. The highest BCUT2D eigenvalue weighted by Gasteiger charge is 2.32. The molecule has 1 amide bonds. The van der Waals surface area contributed by atoms with Gasteiger partial charge in [-0.25, -0.2) is 0 Å². The van der Waals surface area contributed by atoms with Crippen molar-refractivity contribution in [3.63, 3.8) is 0 Å². The molecule has 0 aromatic rings. The third-order valence-electron chi connectivity index (χ3n) is 3.18. The number of amides is 1. The third-order valence-corrected chi connectivity index (χ3v) is 3.18. The van der Waals surface area contributed by atoms with Gasteiger partial charge < -0.3 is 10.1 Å². The molecule has 1 aliphatic rings. The third kappa shape index (κ3) is 6.57. The second-order valence-electron chi connectivity index (χ2n) is 5.20. The molecule has 0 bridgehead atoms. The lowest BCUT2D eigenvalue weighted by molar-refractivity contribution is -0.144. The van der Waals surface area contributed by atoms with E-state index >= 15 is 0 Å². The molecule has 5 nitrogen and oxygen atoms in total. The van der Waals surface area contributed by atoms with Crippen LogP contribution in [0, 0.1) is 0 Å². The van der Waals surface area contributed by atoms with Crippen LogP contribution in [0.15, 0.2) is 0 Å². The topological polar surface area (TPSA) is 58.6 Å². The smallest absolute Gasteiger partial charge is 0.320 e. The summed E-state index contributed by atoms with van der Waals surface area (Å²) in [5, 5.41) is 2.97. The van der Waals surface area contributed by atoms with Gasteiger partial charge in [-0.2, -0.15) is 0 Å². The van der Waals surface area contributed by atoms with Crippen LogP contribution in [-0.2, 0) is 14.3 Å². The lowest BCUT2D eigenvalue weighted by Crippen LogP contribution is -2.43. The quantitative estimate of drug-likeness (QED) is 0.642. The van der Waals surface area contributed by atoms with E-state index in [4.69, 9.17) is 4.74 Å². The van der Waals surface area contributed by atoms with Crippen LogP contribution in [0.2, 0.25) is 0 Å². The van der Waals surface area contributed by atoms with Crippen molar-refractivity contribution in [1.29, 1.82) is 0 Å². The Bertz CT molecular complexity index is 303. The number of rotatable bonds is 9. The maximum absolute atomic E-state index is 11.9. The van der Waals surface area contributed by atoms with E-state index in [2.05, 4.69) is 12.2 Å². The van der Waals surface area contributed by atoms with Crippen LogP contribution in [0.3, 0.4) is 0 Å². The Labute approximate surface area is 115 Å². The van der Waals surface area contributed by atoms with Gasteiger partial charge in [-0.1, -0.05) is 13.3 Å². The lowest BCUT2D eigenvalue weighted by atomic mass is 10.2. The number of carbonyl (C=O) groups excluding carboxylic acids is 2. The number of esters is 1. The SMILES string of the molecule is CCCC(C)NC(=O)CN(CC(=O)OCC)C1CC1. The zero-order valence-corrected chi connectivity index (χ0v) is 12.3. The van der Waals surface area contributed by atoms with E-state index in [-0.39, 0.29) is 31.0 Å². The molecule has 1 N–H and O–H groups in total. The molecule has 1 saturated carbocycles. The summed E-state index contributed by atoms with van der Waals surface area (Å²) in [5.41, 5.74) is 0. The second kappa shape index (κ2) is 8.15. The zero-order chi connectivity index (χ0) is 14.3. The van der Waals surface area contributed by atoms with Crippen LogP contribution in [0.1, 0.15) is 46.5 Å². The summed E-state index contributed by atoms with van der Waals surface area (Å²) in [6, 6.07) is 0.567. The first-order valence-corrected chi connectivity index (χ1v) is 7.25. The molecule has 1 aliphatic carbocycles. The average Bonchev–Trinajstić information content (AvgIpc) is 3.12. The summed E-state index contributed by atoms with van der Waals surface area (Å²) >= 11 is 0. The largest absolute Gasteiger partial charge is 0.465 e. The molecule has 0 aromatic heterocycles. The Morgan fingerprint density at radius 2 is 2.00 bits per heavy atom. The normalized spacial score (nSPS) is 16.2. The van der Waals surface area contributed by atoms with Crippen LogP contribution in [0.4, 0.5) is 0 Å². The maximum atomic E-state index is 11.9. The molecule has 0 radical (unpaired) electrons. The van der Waals surface area contributed by atoms with Gasteiger partial charge in [0.15, 0.2) is 0 Å². The molecular formula is C14H26N2O3. The maximum Gasteiger partial charge on any atom is 0.320 e. The minimum Gasteiger partial charge on any atom is -0.465 e. The van der Waals surface area contributed by atoms with Gasteiger partial charge in [0.2, 0.25) is 5.91 Å². The standard InChI is InChI=1S/C14H26N2O3/c1-4-6-11(3)15-13(17)9-16(12-7-8-12)10-14(18)19-5-2/h11-12H,4-10H2,1-3H3,(H,15,17). The van der Waals surface area contributed by atoms with E-state index in [0.717, 1.165) is 25.7 Å². The molecule has 19 heavy (non-hydrogen) atoms. The molecular weight excluding hydrogens is 244 g/mol. The van der Waals surface area contributed by atoms with Crippen LogP contribution in [0.25, 0.3) is 0 Å². The number of carbonyl (C=O) groups is 2. The summed E-state index contributed by atoms with van der Waals surface area (Å²) in [6.07, 6.45) is 4.16. The van der Waals surface area contributed by atoms with Crippen molar-refractivity contribution in [2.45, 2.75) is 58.5 Å². The van der Waals surface area contributed by atoms with Gasteiger partial charge in [-0.3, -0.25) is 14.5 Å². The van der Waals surface area contributed by atoms with Crippen LogP contribution in [0.5, 0.6) is 0 Å². The van der Waals surface area contributed by atoms with Crippen LogP contribution in [-0.4, -0.2) is 48.6 Å². The molecule has 5 heteroatoms. The van der Waals surface area contributed by atoms with Gasteiger partial charge in [0, 0.05) is 12.1 Å². The Balaban J connectivity index is 2.36. The predicted molar refractivity (Wildman–Crippen MR) is 73.7 cm³/mol. The number of nitrogens with one attached hydrogen (secondary N) is 1. The number of hydrogen-bond donors (Lipinski definition) is 1. The molecule has 110 valence electrons. The van der Waals surface area contributed by atoms with Gasteiger partial charge in [-0.15, -0.1) is 0 Å². The van der Waals surface area contributed by atoms with Gasteiger partial charge in [0.25, 0.3) is 0 Å². The summed E-state index contributed by atoms with van der Waals surface area (Å²) in [4.78, 5) is 25.3. The minimum atomic E-state index is -0.246. The Morgan fingerprint density at radius 1 is 1.32 bits per heavy atom. The highest BCUT2D eigenvalue weighted by Crippen LogP contribution is 2.26. The molecule has 0 heterocycles. The molecule has 0 spiro atoms. The van der Waals surface area contributed by atoms with Crippen molar-refractivity contribution >= 4 is 11.9 Å². The monoisotopic (exact) mass is 270 g/mol. The first kappa shape index (κ1) is 16.0. The van der Waals surface area contributed by atoms with Crippen molar-refractivity contribution in [1.82, 2.24) is 10.2 Å². The van der Waals surface area contributed by atoms with Crippen molar-refractivity contribution in [3.05, 3.63) is 0 Å². The number of ether oxygens (including phenoxy) is 1. The number of nitrogens with zero attached hydrogens (tertiary/aromatic N) is 1. The van der Waals surface area contributed by atoms with E-state index in [0.29, 0.717) is 12.6 Å². The fourth-order valence-corrected chi connectivity index (χ4v) is 2.14. The van der Waals surface area contributed by atoms with E-state index in [1.165, 1.54) is 0 Å². The van der Waals surface area contributed by atoms with E-state index in [9.17, 15) is 9.59 Å². The van der Waals surface area contributed by atoms with Gasteiger partial charge in [0.1, 0.15) is 0 Å². The Kier molecular flexibility index (Phi) is 6.84. The molecule has 1 unspecified atom stereocenters. The predicted octanol–water partition coefficient (Wildman–Crippen LogP) is 1.32. The Morgan fingerprint density at radius 3 is 2.53 bits per heavy atom. The van der Waals surface area contributed by atoms with E-state index < -0.39 is 0 Å². The van der Waals surface area contributed by atoms with Crippen LogP contribution >= 0.6 is 0 Å². The first-order chi connectivity index (χ1) is 9.06. The molecule has 1 fully saturated rings. The highest BCUT2D eigenvalue weighted by molar-refractivity contribution is 5.79. The summed E-state index contributed by atoms with van der Waals surface area (Å²) in [6.45, 7) is 6.79. The highest BCUT2D eigenvalue weighted by atomic mass is 16.5. The number of hydrogen-bond acceptors (Lipinski definition) is 4. The van der Waals surface area contributed by atoms with Crippen molar-refractivity contribution in [2.24, 2.45) is 0 Å². The van der Waals surface area contributed by atoms with Gasteiger partial charge >= 0.3 is 5.97 Å². The molecule has 0 aliphatic heterocycles. The zero-order valence-electron chi connectivity index (χ0n) is 12.3.